The first-order valence-corrected chi connectivity index (χ1v) is 4.66. The van der Waals surface area contributed by atoms with E-state index in [1.54, 1.807) is 16.8 Å². The summed E-state index contributed by atoms with van der Waals surface area (Å²) in [5.41, 5.74) is 2.29. The molecule has 2 heterocycles. The molecule has 0 fully saturated rings. The number of carboxylic acids is 1. The highest BCUT2D eigenvalue weighted by atomic mass is 16.4. The topological polar surface area (TPSA) is 80.4 Å². The molecule has 6 nitrogen and oxygen atoms in total. The Balaban J connectivity index is 2.15. The van der Waals surface area contributed by atoms with Crippen molar-refractivity contribution in [1.82, 2.24) is 19.8 Å². The fourth-order valence-electron chi connectivity index (χ4n) is 1.95. The highest BCUT2D eigenvalue weighted by molar-refractivity contribution is 5.71. The van der Waals surface area contributed by atoms with E-state index in [4.69, 9.17) is 5.11 Å². The van der Waals surface area contributed by atoms with Gasteiger partial charge in [-0.05, 0) is 0 Å². The van der Waals surface area contributed by atoms with Gasteiger partial charge in [-0.25, -0.2) is 4.52 Å². The molecule has 0 saturated heterocycles. The summed E-state index contributed by atoms with van der Waals surface area (Å²) in [6.45, 7) is 0. The van der Waals surface area contributed by atoms with Crippen molar-refractivity contribution in [2.75, 3.05) is 0 Å². The molecule has 0 spiro atoms. The Morgan fingerprint density at radius 2 is 2.33 bits per heavy atom. The third kappa shape index (κ3) is 1.11. The molecule has 2 aromatic heterocycles. The largest absolute Gasteiger partial charge is 0.481 e. The Hall–Kier alpha value is -1.98. The van der Waals surface area contributed by atoms with E-state index in [0.717, 1.165) is 11.4 Å². The molecule has 1 aliphatic carbocycles. The van der Waals surface area contributed by atoms with Crippen LogP contribution in [0.3, 0.4) is 0 Å². The van der Waals surface area contributed by atoms with Gasteiger partial charge in [0.2, 0.25) is 0 Å². The quantitative estimate of drug-likeness (QED) is 0.702. The Morgan fingerprint density at radius 3 is 3.13 bits per heavy atom. The molecule has 1 aliphatic rings. The normalized spacial score (nSPS) is 19.3. The molecule has 1 unspecified atom stereocenters. The molecule has 0 radical (unpaired) electrons. The predicted octanol–water partition coefficient (Wildman–Crippen LogP) is -0.0763. The maximum absolute atomic E-state index is 10.9. The first-order valence-electron chi connectivity index (χ1n) is 4.66. The van der Waals surface area contributed by atoms with Crippen LogP contribution in [-0.2, 0) is 17.6 Å². The van der Waals surface area contributed by atoms with E-state index in [1.807, 2.05) is 0 Å². The number of nitrogens with zero attached hydrogens (tertiary/aromatic N) is 4. The lowest BCUT2D eigenvalue weighted by Crippen LogP contribution is -2.13. The number of hydrogen-bond acceptors (Lipinski definition) is 4. The van der Waals surface area contributed by atoms with Crippen LogP contribution in [0.2, 0.25) is 0 Å². The van der Waals surface area contributed by atoms with E-state index in [2.05, 4.69) is 15.3 Å². The van der Waals surface area contributed by atoms with Gasteiger partial charge >= 0.3 is 5.97 Å². The molecule has 1 atom stereocenters. The van der Waals surface area contributed by atoms with Crippen LogP contribution in [0.15, 0.2) is 12.3 Å². The van der Waals surface area contributed by atoms with Gasteiger partial charge in [0, 0.05) is 18.9 Å². The second-order valence-electron chi connectivity index (χ2n) is 3.64. The van der Waals surface area contributed by atoms with E-state index in [0.29, 0.717) is 18.5 Å². The van der Waals surface area contributed by atoms with Gasteiger partial charge in [-0.1, -0.05) is 0 Å². The van der Waals surface area contributed by atoms with E-state index in [1.165, 1.54) is 0 Å². The van der Waals surface area contributed by atoms with Crippen LogP contribution in [0.4, 0.5) is 0 Å². The van der Waals surface area contributed by atoms with Crippen LogP contribution in [0.5, 0.6) is 0 Å². The summed E-state index contributed by atoms with van der Waals surface area (Å²) < 4.78 is 1.67. The highest BCUT2D eigenvalue weighted by Crippen LogP contribution is 2.24. The molecule has 0 bridgehead atoms. The summed E-state index contributed by atoms with van der Waals surface area (Å²) in [4.78, 5) is 10.9. The minimum Gasteiger partial charge on any atom is -0.481 e. The maximum atomic E-state index is 10.9. The van der Waals surface area contributed by atoms with Crippen molar-refractivity contribution in [3.05, 3.63) is 23.7 Å². The number of fused-ring (bicyclic) bond motifs is 3. The molecule has 0 saturated carbocycles. The van der Waals surface area contributed by atoms with Crippen molar-refractivity contribution in [3.63, 3.8) is 0 Å². The van der Waals surface area contributed by atoms with Gasteiger partial charge in [-0.15, -0.1) is 5.10 Å². The zero-order chi connectivity index (χ0) is 10.4. The van der Waals surface area contributed by atoms with Crippen LogP contribution >= 0.6 is 0 Å². The lowest BCUT2D eigenvalue weighted by atomic mass is 10.1. The van der Waals surface area contributed by atoms with Crippen molar-refractivity contribution in [1.29, 1.82) is 0 Å². The van der Waals surface area contributed by atoms with Crippen molar-refractivity contribution in [2.45, 2.75) is 12.8 Å². The number of carboxylic acid groups (broad SMARTS) is 1. The van der Waals surface area contributed by atoms with Gasteiger partial charge in [-0.3, -0.25) is 4.79 Å². The minimum absolute atomic E-state index is 0.385. The molecule has 3 rings (SSSR count). The molecule has 0 amide bonds. The van der Waals surface area contributed by atoms with Crippen LogP contribution in [-0.4, -0.2) is 30.9 Å². The molecule has 0 aliphatic heterocycles. The summed E-state index contributed by atoms with van der Waals surface area (Å²) in [5.74, 6) is -1.17. The van der Waals surface area contributed by atoms with Crippen LogP contribution in [0.25, 0.3) is 5.65 Å². The van der Waals surface area contributed by atoms with Gasteiger partial charge in [0.15, 0.2) is 5.65 Å². The van der Waals surface area contributed by atoms with Crippen molar-refractivity contribution >= 4 is 11.6 Å². The average molecular weight is 204 g/mol. The van der Waals surface area contributed by atoms with Gasteiger partial charge < -0.3 is 5.11 Å². The summed E-state index contributed by atoms with van der Waals surface area (Å²) >= 11 is 0. The molecule has 1 N–H and O–H groups in total. The molecular weight excluding hydrogens is 196 g/mol. The molecule has 0 aromatic carbocycles. The Morgan fingerprint density at radius 1 is 1.47 bits per heavy atom. The van der Waals surface area contributed by atoms with E-state index < -0.39 is 5.97 Å². The number of carbonyl (C=O) groups is 1. The smallest absolute Gasteiger partial charge is 0.307 e. The maximum Gasteiger partial charge on any atom is 0.307 e. The summed E-state index contributed by atoms with van der Waals surface area (Å²) in [6.07, 6.45) is 2.57. The Kier molecular flexibility index (Phi) is 1.53. The van der Waals surface area contributed by atoms with E-state index in [9.17, 15) is 4.79 Å². The lowest BCUT2D eigenvalue weighted by molar-refractivity contribution is -0.141. The first-order chi connectivity index (χ1) is 7.25. The zero-order valence-electron chi connectivity index (χ0n) is 7.79. The first kappa shape index (κ1) is 8.34. The highest BCUT2D eigenvalue weighted by Gasteiger charge is 2.30. The van der Waals surface area contributed by atoms with Crippen molar-refractivity contribution in [2.24, 2.45) is 5.92 Å². The Labute approximate surface area is 84.6 Å². The van der Waals surface area contributed by atoms with Crippen molar-refractivity contribution < 1.29 is 9.90 Å². The SMILES string of the molecule is O=C(O)C1Cc2nnc3ccnn3c2C1. The lowest BCUT2D eigenvalue weighted by Gasteiger charge is -1.99. The standard InChI is InChI=1S/C9H8N4O2/c14-9(15)5-3-6-7(4-5)13-8(12-11-6)1-2-10-13/h1-2,5H,3-4H2,(H,14,15). The summed E-state index contributed by atoms with van der Waals surface area (Å²) in [6, 6.07) is 1.75. The number of hydrogen-bond donors (Lipinski definition) is 1. The third-order valence-corrected chi connectivity index (χ3v) is 2.71. The van der Waals surface area contributed by atoms with Crippen molar-refractivity contribution in [3.8, 4) is 0 Å². The number of rotatable bonds is 1. The fourth-order valence-corrected chi connectivity index (χ4v) is 1.95. The second-order valence-corrected chi connectivity index (χ2v) is 3.64. The average Bonchev–Trinajstić information content (AvgIpc) is 2.82. The second kappa shape index (κ2) is 2.75. The van der Waals surface area contributed by atoms with Gasteiger partial charge in [0.05, 0.1) is 23.5 Å². The molecule has 6 heteroatoms. The van der Waals surface area contributed by atoms with Gasteiger partial charge in [-0.2, -0.15) is 10.2 Å². The molecule has 76 valence electrons. The van der Waals surface area contributed by atoms with Crippen LogP contribution in [0, 0.1) is 5.92 Å². The number of aromatic nitrogens is 4. The molecular formula is C9H8N4O2. The summed E-state index contributed by atoms with van der Waals surface area (Å²) in [5, 5.41) is 21.0. The zero-order valence-corrected chi connectivity index (χ0v) is 7.79. The third-order valence-electron chi connectivity index (χ3n) is 2.71. The molecule has 2 aromatic rings. The Bertz CT molecular complexity index is 548. The van der Waals surface area contributed by atoms with Crippen LogP contribution < -0.4 is 0 Å². The van der Waals surface area contributed by atoms with E-state index >= 15 is 0 Å². The monoisotopic (exact) mass is 204 g/mol. The predicted molar refractivity (Wildman–Crippen MR) is 49.3 cm³/mol. The molecule has 15 heavy (non-hydrogen) atoms. The van der Waals surface area contributed by atoms with E-state index in [-0.39, 0.29) is 5.92 Å². The van der Waals surface area contributed by atoms with Gasteiger partial charge in [0.25, 0.3) is 0 Å². The minimum atomic E-state index is -0.784. The number of aliphatic carboxylic acids is 1. The summed E-state index contributed by atoms with van der Waals surface area (Å²) in [7, 11) is 0. The van der Waals surface area contributed by atoms with Gasteiger partial charge in [0.1, 0.15) is 0 Å². The van der Waals surface area contributed by atoms with Crippen LogP contribution in [0.1, 0.15) is 11.4 Å². The fraction of sp³-hybridized carbons (Fsp3) is 0.333.